The van der Waals surface area contributed by atoms with Crippen molar-refractivity contribution in [1.29, 1.82) is 0 Å². The number of hydrogen-bond acceptors (Lipinski definition) is 6. The Morgan fingerprint density at radius 2 is 2.04 bits per heavy atom. The lowest BCUT2D eigenvalue weighted by molar-refractivity contribution is 0.129. The van der Waals surface area contributed by atoms with Gasteiger partial charge in [-0.3, -0.25) is 9.72 Å². The summed E-state index contributed by atoms with van der Waals surface area (Å²) in [5.41, 5.74) is 4.18. The first kappa shape index (κ1) is 17.7. The van der Waals surface area contributed by atoms with Crippen LogP contribution >= 0.6 is 0 Å². The number of nitrogens with one attached hydrogen (secondary N) is 2. The highest BCUT2D eigenvalue weighted by Crippen LogP contribution is 2.17. The second-order valence-corrected chi connectivity index (χ2v) is 6.34. The van der Waals surface area contributed by atoms with Gasteiger partial charge in [-0.2, -0.15) is 0 Å². The van der Waals surface area contributed by atoms with Crippen LogP contribution in [0.1, 0.15) is 30.5 Å². The van der Waals surface area contributed by atoms with Crippen LogP contribution in [-0.4, -0.2) is 31.8 Å². The SMILES string of the molecule is Cc1ccc(CNc2nccn3c(NC(=O)OC(C)C)nnc23)cc1C. The number of anilines is 2. The molecule has 3 aromatic rings. The highest BCUT2D eigenvalue weighted by molar-refractivity contribution is 5.83. The van der Waals surface area contributed by atoms with Gasteiger partial charge in [0.1, 0.15) is 0 Å². The van der Waals surface area contributed by atoms with E-state index >= 15 is 0 Å². The monoisotopic (exact) mass is 354 g/mol. The molecule has 136 valence electrons. The van der Waals surface area contributed by atoms with Gasteiger partial charge in [-0.05, 0) is 44.4 Å². The van der Waals surface area contributed by atoms with Crippen LogP contribution < -0.4 is 10.6 Å². The van der Waals surface area contributed by atoms with Crippen LogP contribution in [-0.2, 0) is 11.3 Å². The van der Waals surface area contributed by atoms with Crippen molar-refractivity contribution in [2.75, 3.05) is 10.6 Å². The summed E-state index contributed by atoms with van der Waals surface area (Å²) in [4.78, 5) is 16.1. The molecule has 0 aliphatic carbocycles. The van der Waals surface area contributed by atoms with Gasteiger partial charge < -0.3 is 10.1 Å². The Morgan fingerprint density at radius 3 is 2.77 bits per heavy atom. The minimum Gasteiger partial charge on any atom is -0.447 e. The summed E-state index contributed by atoms with van der Waals surface area (Å²) >= 11 is 0. The van der Waals surface area contributed by atoms with Gasteiger partial charge in [0.25, 0.3) is 0 Å². The third kappa shape index (κ3) is 3.90. The Kier molecular flexibility index (Phi) is 5.01. The lowest BCUT2D eigenvalue weighted by atomic mass is 10.1. The summed E-state index contributed by atoms with van der Waals surface area (Å²) in [5.74, 6) is 0.866. The van der Waals surface area contributed by atoms with Crippen molar-refractivity contribution < 1.29 is 9.53 Å². The fraction of sp³-hybridized carbons (Fsp3) is 0.333. The molecule has 0 bridgehead atoms. The molecule has 0 radical (unpaired) electrons. The van der Waals surface area contributed by atoms with Crippen LogP contribution in [0.5, 0.6) is 0 Å². The summed E-state index contributed by atoms with van der Waals surface area (Å²) in [6.45, 7) is 8.34. The minimum atomic E-state index is -0.573. The normalized spacial score (nSPS) is 11.0. The van der Waals surface area contributed by atoms with E-state index in [0.29, 0.717) is 18.0 Å². The number of hydrogen-bond donors (Lipinski definition) is 2. The summed E-state index contributed by atoms with van der Waals surface area (Å²) in [6, 6.07) is 6.31. The Morgan fingerprint density at radius 1 is 1.23 bits per heavy atom. The zero-order chi connectivity index (χ0) is 18.7. The molecule has 2 aromatic heterocycles. The number of carbonyl (C=O) groups is 1. The molecule has 0 unspecified atom stereocenters. The average Bonchev–Trinajstić information content (AvgIpc) is 2.99. The summed E-state index contributed by atoms with van der Waals surface area (Å²) in [7, 11) is 0. The van der Waals surface area contributed by atoms with E-state index in [1.807, 2.05) is 0 Å². The van der Waals surface area contributed by atoms with Crippen molar-refractivity contribution in [2.24, 2.45) is 0 Å². The average molecular weight is 354 g/mol. The van der Waals surface area contributed by atoms with Crippen molar-refractivity contribution in [3.63, 3.8) is 0 Å². The molecule has 0 fully saturated rings. The smallest absolute Gasteiger partial charge is 0.414 e. The molecule has 3 rings (SSSR count). The number of amides is 1. The van der Waals surface area contributed by atoms with Gasteiger partial charge in [-0.1, -0.05) is 18.2 Å². The van der Waals surface area contributed by atoms with Gasteiger partial charge in [-0.15, -0.1) is 10.2 Å². The molecule has 26 heavy (non-hydrogen) atoms. The lowest BCUT2D eigenvalue weighted by Gasteiger charge is -2.09. The second-order valence-electron chi connectivity index (χ2n) is 6.34. The maximum absolute atomic E-state index is 11.8. The van der Waals surface area contributed by atoms with Gasteiger partial charge in [0.05, 0.1) is 6.10 Å². The molecular formula is C18H22N6O2. The van der Waals surface area contributed by atoms with Crippen molar-refractivity contribution >= 4 is 23.5 Å². The molecule has 0 spiro atoms. The summed E-state index contributed by atoms with van der Waals surface area (Å²) in [5, 5.41) is 14.0. The molecule has 8 heteroatoms. The number of fused-ring (bicyclic) bond motifs is 1. The standard InChI is InChI=1S/C18H22N6O2/c1-11(2)26-18(25)21-17-23-22-16-15(19-7-8-24(16)17)20-10-14-6-5-12(3)13(4)9-14/h5-9,11H,10H2,1-4H3,(H,19,20)(H,21,23,25). The Bertz CT molecular complexity index is 935. The van der Waals surface area contributed by atoms with Crippen molar-refractivity contribution in [2.45, 2.75) is 40.3 Å². The molecule has 0 atom stereocenters. The molecule has 2 heterocycles. The molecule has 1 amide bonds. The topological polar surface area (TPSA) is 93.4 Å². The van der Waals surface area contributed by atoms with Crippen LogP contribution in [0.4, 0.5) is 16.6 Å². The van der Waals surface area contributed by atoms with Crippen LogP contribution in [0.25, 0.3) is 5.65 Å². The Hall–Kier alpha value is -3.16. The minimum absolute atomic E-state index is 0.217. The van der Waals surface area contributed by atoms with Gasteiger partial charge in [0.2, 0.25) is 11.6 Å². The number of benzene rings is 1. The number of rotatable bonds is 5. The molecular weight excluding hydrogens is 332 g/mol. The number of aryl methyl sites for hydroxylation is 2. The lowest BCUT2D eigenvalue weighted by Crippen LogP contribution is -2.19. The number of nitrogens with zero attached hydrogens (tertiary/aromatic N) is 4. The van der Waals surface area contributed by atoms with E-state index < -0.39 is 6.09 Å². The molecule has 0 saturated carbocycles. The number of carbonyl (C=O) groups excluding carboxylic acids is 1. The predicted molar refractivity (Wildman–Crippen MR) is 99.3 cm³/mol. The third-order valence-corrected chi connectivity index (χ3v) is 3.91. The first-order valence-electron chi connectivity index (χ1n) is 8.41. The second kappa shape index (κ2) is 7.38. The quantitative estimate of drug-likeness (QED) is 0.730. The van der Waals surface area contributed by atoms with E-state index in [2.05, 4.69) is 57.9 Å². The highest BCUT2D eigenvalue weighted by atomic mass is 16.6. The van der Waals surface area contributed by atoms with Gasteiger partial charge >= 0.3 is 6.09 Å². The van der Waals surface area contributed by atoms with E-state index in [1.165, 1.54) is 11.1 Å². The van der Waals surface area contributed by atoms with Gasteiger partial charge in [-0.25, -0.2) is 9.78 Å². The zero-order valence-corrected chi connectivity index (χ0v) is 15.3. The molecule has 8 nitrogen and oxygen atoms in total. The maximum atomic E-state index is 11.8. The predicted octanol–water partition coefficient (Wildman–Crippen LogP) is 3.31. The van der Waals surface area contributed by atoms with E-state index in [1.54, 1.807) is 30.6 Å². The fourth-order valence-corrected chi connectivity index (χ4v) is 2.47. The van der Waals surface area contributed by atoms with Gasteiger partial charge in [0.15, 0.2) is 5.82 Å². The Balaban J connectivity index is 1.77. The first-order valence-corrected chi connectivity index (χ1v) is 8.41. The van der Waals surface area contributed by atoms with E-state index in [-0.39, 0.29) is 12.1 Å². The van der Waals surface area contributed by atoms with Crippen molar-refractivity contribution in [3.8, 4) is 0 Å². The van der Waals surface area contributed by atoms with Gasteiger partial charge in [0, 0.05) is 18.9 Å². The number of aromatic nitrogens is 4. The fourth-order valence-electron chi connectivity index (χ4n) is 2.47. The van der Waals surface area contributed by atoms with E-state index in [0.717, 1.165) is 5.56 Å². The molecule has 2 N–H and O–H groups in total. The molecule has 0 saturated heterocycles. The first-order chi connectivity index (χ1) is 12.4. The van der Waals surface area contributed by atoms with E-state index in [9.17, 15) is 4.79 Å². The van der Waals surface area contributed by atoms with Crippen LogP contribution in [0.15, 0.2) is 30.6 Å². The molecule has 0 aliphatic heterocycles. The van der Waals surface area contributed by atoms with Crippen molar-refractivity contribution in [3.05, 3.63) is 47.3 Å². The molecule has 0 aliphatic rings. The summed E-state index contributed by atoms with van der Waals surface area (Å²) in [6.07, 6.45) is 2.52. The van der Waals surface area contributed by atoms with E-state index in [4.69, 9.17) is 4.74 Å². The zero-order valence-electron chi connectivity index (χ0n) is 15.3. The van der Waals surface area contributed by atoms with Crippen LogP contribution in [0.2, 0.25) is 0 Å². The highest BCUT2D eigenvalue weighted by Gasteiger charge is 2.14. The largest absolute Gasteiger partial charge is 0.447 e. The Labute approximate surface area is 151 Å². The van der Waals surface area contributed by atoms with Crippen LogP contribution in [0.3, 0.4) is 0 Å². The number of ether oxygens (including phenoxy) is 1. The maximum Gasteiger partial charge on any atom is 0.414 e. The third-order valence-electron chi connectivity index (χ3n) is 3.91. The summed E-state index contributed by atoms with van der Waals surface area (Å²) < 4.78 is 6.72. The molecule has 1 aromatic carbocycles. The van der Waals surface area contributed by atoms with Crippen molar-refractivity contribution in [1.82, 2.24) is 19.6 Å². The van der Waals surface area contributed by atoms with Crippen LogP contribution in [0, 0.1) is 13.8 Å².